The fourth-order valence-corrected chi connectivity index (χ4v) is 1.54. The van der Waals surface area contributed by atoms with E-state index in [0.717, 1.165) is 0 Å². The van der Waals surface area contributed by atoms with E-state index in [1.165, 1.54) is 6.07 Å². The molecule has 1 rings (SSSR count). The first-order valence-electron chi connectivity index (χ1n) is 5.88. The van der Waals surface area contributed by atoms with Gasteiger partial charge in [-0.25, -0.2) is 4.79 Å². The van der Waals surface area contributed by atoms with Crippen LogP contribution in [-0.2, 0) is 0 Å². The lowest BCUT2D eigenvalue weighted by atomic mass is 10.1. The number of nitrogens with one attached hydrogen (secondary N) is 1. The van der Waals surface area contributed by atoms with E-state index in [4.69, 9.17) is 10.8 Å². The lowest BCUT2D eigenvalue weighted by molar-refractivity contribution is 0.0698. The third-order valence-electron chi connectivity index (χ3n) is 2.90. The summed E-state index contributed by atoms with van der Waals surface area (Å²) in [5.74, 6) is -0.907. The molecule has 0 aromatic heterocycles. The van der Waals surface area contributed by atoms with Gasteiger partial charge in [0, 0.05) is 17.9 Å². The Morgan fingerprint density at radius 2 is 2.06 bits per heavy atom. The second kappa shape index (κ2) is 5.73. The molecule has 0 fully saturated rings. The lowest BCUT2D eigenvalue weighted by Crippen LogP contribution is -2.24. The number of aromatic carboxylic acids is 1. The van der Waals surface area contributed by atoms with E-state index in [-0.39, 0.29) is 17.2 Å². The zero-order chi connectivity index (χ0) is 13.9. The Hall–Kier alpha value is -1.75. The number of carbonyl (C=O) groups is 1. The van der Waals surface area contributed by atoms with E-state index in [1.807, 2.05) is 13.8 Å². The van der Waals surface area contributed by atoms with Gasteiger partial charge in [0.15, 0.2) is 0 Å². The highest BCUT2D eigenvalue weighted by atomic mass is 16.4. The van der Waals surface area contributed by atoms with Gasteiger partial charge in [0.1, 0.15) is 0 Å². The van der Waals surface area contributed by atoms with E-state index in [2.05, 4.69) is 5.32 Å². The number of aliphatic hydroxyl groups excluding tert-OH is 1. The quantitative estimate of drug-likeness (QED) is 0.598. The van der Waals surface area contributed by atoms with Gasteiger partial charge in [-0.15, -0.1) is 0 Å². The summed E-state index contributed by atoms with van der Waals surface area (Å²) in [5.41, 5.74) is 7.41. The third-order valence-corrected chi connectivity index (χ3v) is 2.90. The van der Waals surface area contributed by atoms with Crippen LogP contribution in [0.3, 0.4) is 0 Å². The number of anilines is 2. The molecule has 0 bridgehead atoms. The van der Waals surface area contributed by atoms with E-state index < -0.39 is 12.1 Å². The molecule has 100 valence electrons. The second-order valence-corrected chi connectivity index (χ2v) is 4.75. The van der Waals surface area contributed by atoms with Crippen LogP contribution in [0, 0.1) is 12.8 Å². The molecule has 0 radical (unpaired) electrons. The van der Waals surface area contributed by atoms with Crippen LogP contribution in [0.2, 0.25) is 0 Å². The molecule has 5 N–H and O–H groups in total. The van der Waals surface area contributed by atoms with Crippen molar-refractivity contribution in [2.45, 2.75) is 26.9 Å². The number of rotatable bonds is 5. The molecule has 1 aromatic carbocycles. The standard InChI is InChI=1S/C13H20N2O3/c1-7(2)11(16)6-15-9-4-8(3)12(14)10(5-9)13(17)18/h4-5,7,11,15-16H,6,14H2,1-3H3,(H,17,18). The fourth-order valence-electron chi connectivity index (χ4n) is 1.54. The highest BCUT2D eigenvalue weighted by Crippen LogP contribution is 2.23. The summed E-state index contributed by atoms with van der Waals surface area (Å²) in [6, 6.07) is 3.26. The molecule has 0 spiro atoms. The Balaban J connectivity index is 2.88. The van der Waals surface area contributed by atoms with E-state index in [0.29, 0.717) is 17.8 Å². The van der Waals surface area contributed by atoms with Gasteiger partial charge >= 0.3 is 5.97 Å². The van der Waals surface area contributed by atoms with Gasteiger partial charge in [-0.2, -0.15) is 0 Å². The van der Waals surface area contributed by atoms with Crippen LogP contribution in [-0.4, -0.2) is 28.8 Å². The maximum absolute atomic E-state index is 11.0. The SMILES string of the molecule is Cc1cc(NCC(O)C(C)C)cc(C(=O)O)c1N. The van der Waals surface area contributed by atoms with Crippen molar-refractivity contribution in [1.29, 1.82) is 0 Å². The Morgan fingerprint density at radius 1 is 1.44 bits per heavy atom. The number of nitrogens with two attached hydrogens (primary N) is 1. The van der Waals surface area contributed by atoms with Crippen molar-refractivity contribution in [1.82, 2.24) is 0 Å². The van der Waals surface area contributed by atoms with Crippen LogP contribution in [0.5, 0.6) is 0 Å². The van der Waals surface area contributed by atoms with Crippen LogP contribution >= 0.6 is 0 Å². The molecule has 18 heavy (non-hydrogen) atoms. The Bertz CT molecular complexity index is 444. The minimum atomic E-state index is -1.05. The van der Waals surface area contributed by atoms with Gasteiger partial charge in [-0.3, -0.25) is 0 Å². The van der Waals surface area contributed by atoms with Crippen molar-refractivity contribution in [3.05, 3.63) is 23.3 Å². The maximum Gasteiger partial charge on any atom is 0.337 e. The summed E-state index contributed by atoms with van der Waals surface area (Å²) in [5, 5.41) is 21.7. The zero-order valence-corrected chi connectivity index (χ0v) is 10.9. The molecule has 1 unspecified atom stereocenters. The van der Waals surface area contributed by atoms with Crippen molar-refractivity contribution in [2.24, 2.45) is 5.92 Å². The predicted octanol–water partition coefficient (Wildman–Crippen LogP) is 1.70. The highest BCUT2D eigenvalue weighted by molar-refractivity contribution is 5.95. The van der Waals surface area contributed by atoms with Gasteiger partial charge in [0.25, 0.3) is 0 Å². The van der Waals surface area contributed by atoms with Crippen LogP contribution < -0.4 is 11.1 Å². The smallest absolute Gasteiger partial charge is 0.337 e. The largest absolute Gasteiger partial charge is 0.478 e. The number of aryl methyl sites for hydroxylation is 1. The van der Waals surface area contributed by atoms with Crippen LogP contribution in [0.1, 0.15) is 29.8 Å². The first kappa shape index (κ1) is 14.3. The highest BCUT2D eigenvalue weighted by Gasteiger charge is 2.13. The van der Waals surface area contributed by atoms with Crippen molar-refractivity contribution >= 4 is 17.3 Å². The lowest BCUT2D eigenvalue weighted by Gasteiger charge is -2.17. The van der Waals surface area contributed by atoms with Gasteiger partial charge in [0.2, 0.25) is 0 Å². The molecule has 1 aromatic rings. The number of aliphatic hydroxyl groups is 1. The molecule has 0 saturated carbocycles. The Labute approximate surface area is 107 Å². The van der Waals surface area contributed by atoms with Gasteiger partial charge in [-0.05, 0) is 30.5 Å². The average Bonchev–Trinajstić information content (AvgIpc) is 2.29. The van der Waals surface area contributed by atoms with Crippen LogP contribution in [0.25, 0.3) is 0 Å². The van der Waals surface area contributed by atoms with Gasteiger partial charge in [0.05, 0.1) is 11.7 Å². The van der Waals surface area contributed by atoms with Crippen molar-refractivity contribution in [2.75, 3.05) is 17.6 Å². The van der Waals surface area contributed by atoms with Crippen LogP contribution in [0.15, 0.2) is 12.1 Å². The number of carboxylic acids is 1. The number of hydrogen-bond acceptors (Lipinski definition) is 4. The van der Waals surface area contributed by atoms with Crippen LogP contribution in [0.4, 0.5) is 11.4 Å². The summed E-state index contributed by atoms with van der Waals surface area (Å²) < 4.78 is 0. The molecular formula is C13H20N2O3. The van der Waals surface area contributed by atoms with Crippen molar-refractivity contribution in [3.63, 3.8) is 0 Å². The minimum absolute atomic E-state index is 0.0801. The van der Waals surface area contributed by atoms with E-state index in [9.17, 15) is 9.90 Å². The average molecular weight is 252 g/mol. The molecule has 5 heteroatoms. The molecular weight excluding hydrogens is 232 g/mol. The summed E-state index contributed by atoms with van der Waals surface area (Å²) in [4.78, 5) is 11.0. The zero-order valence-electron chi connectivity index (χ0n) is 10.9. The molecule has 0 aliphatic rings. The number of hydrogen-bond donors (Lipinski definition) is 4. The first-order valence-corrected chi connectivity index (χ1v) is 5.88. The molecule has 0 saturated heterocycles. The number of benzene rings is 1. The minimum Gasteiger partial charge on any atom is -0.478 e. The van der Waals surface area contributed by atoms with E-state index in [1.54, 1.807) is 13.0 Å². The normalized spacial score (nSPS) is 12.5. The van der Waals surface area contributed by atoms with Gasteiger partial charge in [-0.1, -0.05) is 13.8 Å². The number of carboxylic acid groups (broad SMARTS) is 1. The van der Waals surface area contributed by atoms with E-state index >= 15 is 0 Å². The maximum atomic E-state index is 11.0. The topological polar surface area (TPSA) is 95.6 Å². The molecule has 0 amide bonds. The summed E-state index contributed by atoms with van der Waals surface area (Å²) >= 11 is 0. The second-order valence-electron chi connectivity index (χ2n) is 4.75. The number of nitrogen functional groups attached to an aromatic ring is 1. The first-order chi connectivity index (χ1) is 8.32. The third kappa shape index (κ3) is 3.37. The van der Waals surface area contributed by atoms with Crippen molar-refractivity contribution < 1.29 is 15.0 Å². The summed E-state index contributed by atoms with van der Waals surface area (Å²) in [6.07, 6.45) is -0.476. The molecule has 1 atom stereocenters. The molecule has 5 nitrogen and oxygen atoms in total. The van der Waals surface area contributed by atoms with Crippen molar-refractivity contribution in [3.8, 4) is 0 Å². The molecule has 0 heterocycles. The fraction of sp³-hybridized carbons (Fsp3) is 0.462. The summed E-state index contributed by atoms with van der Waals surface area (Å²) in [7, 11) is 0. The Morgan fingerprint density at radius 3 is 2.56 bits per heavy atom. The van der Waals surface area contributed by atoms with Gasteiger partial charge < -0.3 is 21.3 Å². The molecule has 0 aliphatic heterocycles. The monoisotopic (exact) mass is 252 g/mol. The predicted molar refractivity (Wildman–Crippen MR) is 71.9 cm³/mol. The molecule has 0 aliphatic carbocycles. The Kier molecular flexibility index (Phi) is 4.55. The summed E-state index contributed by atoms with van der Waals surface area (Å²) in [6.45, 7) is 5.97.